The largest absolute Gasteiger partial charge is 0.805 e. The molecule has 2 heterocycles. The van der Waals surface area contributed by atoms with Crippen LogP contribution in [0, 0.1) is 11.8 Å². The van der Waals surface area contributed by atoms with Gasteiger partial charge in [0.15, 0.2) is 23.0 Å². The fourth-order valence-corrected chi connectivity index (χ4v) is 10.6. The van der Waals surface area contributed by atoms with Gasteiger partial charge in [0, 0.05) is 27.8 Å². The fourth-order valence-electron chi connectivity index (χ4n) is 9.98. The quantitative estimate of drug-likeness (QED) is 0.00914. The highest BCUT2D eigenvalue weighted by Gasteiger charge is 2.36. The van der Waals surface area contributed by atoms with Crippen molar-refractivity contribution in [1.29, 1.82) is 0 Å². The molecule has 0 saturated heterocycles. The minimum Gasteiger partial charge on any atom is -0.494 e. The number of ether oxygens (including phenoxy) is 2. The molecular weight excluding hydrogens is 1180 g/mol. The van der Waals surface area contributed by atoms with E-state index < -0.39 is 67.7 Å². The Morgan fingerprint density at radius 3 is 1.24 bits per heavy atom. The number of hydroxylamine groups is 4. The number of amides is 6. The number of unbranched alkanes of at least 4 members (excludes halogenated alkanes) is 4. The first-order valence-corrected chi connectivity index (χ1v) is 31.4. The smallest absolute Gasteiger partial charge is 0.494 e. The molecule has 0 fully saturated rings. The first-order valence-electron chi connectivity index (χ1n) is 30.3. The van der Waals surface area contributed by atoms with Gasteiger partial charge in [-0.25, -0.2) is 18.6 Å². The Bertz CT molecular complexity index is 3110. The van der Waals surface area contributed by atoms with Crippen LogP contribution >= 0.6 is 8.25 Å². The molecule has 0 spiro atoms. The highest BCUT2D eigenvalue weighted by Crippen LogP contribution is 2.39. The number of furan rings is 2. The van der Waals surface area contributed by atoms with Gasteiger partial charge in [0.05, 0.1) is 63.3 Å². The third-order valence-corrected chi connectivity index (χ3v) is 15.0. The van der Waals surface area contributed by atoms with Crippen LogP contribution in [0.3, 0.4) is 0 Å². The number of carbonyl (C=O) groups excluding carboxylic acids is 8. The molecule has 0 aliphatic rings. The first-order chi connectivity index (χ1) is 43.6. The van der Waals surface area contributed by atoms with Gasteiger partial charge in [-0.3, -0.25) is 28.8 Å². The van der Waals surface area contributed by atoms with E-state index >= 15 is 0 Å². The first kappa shape index (κ1) is 69.6. The second-order valence-corrected chi connectivity index (χ2v) is 21.6. The van der Waals surface area contributed by atoms with Crippen molar-refractivity contribution < 1.29 is 80.0 Å². The SMILES string of the molecule is CCCCC[C@@H](C(=O)NCNC(=O)c1ccc(-c2cc(OCC)cc(O[P+](=O)Oc3cc(OCC)cc(-c4ccc(C(=O)NCNC(=O)[C@H](CCCCC)[C@@H](CC)N(C=O)OC(=O)Cc5ccccc5)o4)c3)c2)o1)[C@@H](CC)N(C=O)OC(=O)Cc1ccccc1. The average Bonchev–Trinajstić information content (AvgIpc) is 4.04. The summed E-state index contributed by atoms with van der Waals surface area (Å²) in [6.45, 7) is 11.1. The zero-order valence-corrected chi connectivity index (χ0v) is 52.5. The molecule has 6 rings (SSSR count). The summed E-state index contributed by atoms with van der Waals surface area (Å²) in [6, 6.07) is 31.5. The monoisotopic (exact) mass is 1260 g/mol. The summed E-state index contributed by atoms with van der Waals surface area (Å²) in [4.78, 5) is 116. The van der Waals surface area contributed by atoms with Gasteiger partial charge in [-0.15, -0.1) is 0 Å². The summed E-state index contributed by atoms with van der Waals surface area (Å²) in [5, 5.41) is 12.6. The number of benzene rings is 4. The maximum atomic E-state index is 13.8. The molecule has 6 aromatic rings. The molecular formula is C66H80N6O17P+. The Hall–Kier alpha value is -9.50. The van der Waals surface area contributed by atoms with E-state index in [9.17, 15) is 42.9 Å². The van der Waals surface area contributed by atoms with E-state index in [1.165, 1.54) is 36.4 Å². The number of hydrogen-bond donors (Lipinski definition) is 4. The van der Waals surface area contributed by atoms with E-state index in [0.29, 0.717) is 85.1 Å². The molecule has 4 atom stereocenters. The molecule has 0 aliphatic heterocycles. The Labute approximate surface area is 524 Å². The van der Waals surface area contributed by atoms with Crippen molar-refractivity contribution in [1.82, 2.24) is 31.4 Å². The predicted molar refractivity (Wildman–Crippen MR) is 332 cm³/mol. The molecule has 4 aromatic carbocycles. The summed E-state index contributed by atoms with van der Waals surface area (Å²) < 4.78 is 48.7. The number of rotatable bonds is 40. The number of nitrogens with zero attached hydrogens (tertiary/aromatic N) is 2. The third-order valence-electron chi connectivity index (χ3n) is 14.3. The molecule has 6 amide bonds. The Morgan fingerprint density at radius 2 is 0.889 bits per heavy atom. The van der Waals surface area contributed by atoms with Crippen molar-refractivity contribution in [2.45, 2.75) is 131 Å². The summed E-state index contributed by atoms with van der Waals surface area (Å²) in [7, 11) is -2.94. The lowest BCUT2D eigenvalue weighted by molar-refractivity contribution is -0.203. The molecule has 0 aliphatic carbocycles. The topological polar surface area (TPSA) is 290 Å². The fraction of sp³-hybridized carbons (Fsp3) is 0.394. The van der Waals surface area contributed by atoms with E-state index in [1.54, 1.807) is 100 Å². The molecule has 24 heteroatoms. The van der Waals surface area contributed by atoms with Gasteiger partial charge in [-0.2, -0.15) is 10.1 Å². The Kier molecular flexibility index (Phi) is 28.4. The van der Waals surface area contributed by atoms with E-state index in [4.69, 9.17) is 37.0 Å². The Morgan fingerprint density at radius 1 is 0.500 bits per heavy atom. The summed E-state index contributed by atoms with van der Waals surface area (Å²) in [6.07, 6.45) is 6.79. The van der Waals surface area contributed by atoms with Crippen molar-refractivity contribution >= 4 is 56.6 Å². The van der Waals surface area contributed by atoms with Crippen molar-refractivity contribution in [3.63, 3.8) is 0 Å². The zero-order chi connectivity index (χ0) is 64.8. The van der Waals surface area contributed by atoms with Crippen LogP contribution in [-0.4, -0.2) is 97.1 Å². The van der Waals surface area contributed by atoms with Gasteiger partial charge in [-0.1, -0.05) is 127 Å². The number of hydrogen-bond acceptors (Lipinski definition) is 17. The molecule has 4 N–H and O–H groups in total. The predicted octanol–water partition coefficient (Wildman–Crippen LogP) is 11.0. The molecule has 0 bridgehead atoms. The second-order valence-electron chi connectivity index (χ2n) is 20.8. The minimum atomic E-state index is -2.94. The summed E-state index contributed by atoms with van der Waals surface area (Å²) in [5.74, 6) is -4.13. The van der Waals surface area contributed by atoms with E-state index in [-0.39, 0.29) is 73.9 Å². The third kappa shape index (κ3) is 21.4. The van der Waals surface area contributed by atoms with E-state index in [1.807, 2.05) is 26.0 Å². The maximum absolute atomic E-state index is 13.8. The highest BCUT2D eigenvalue weighted by atomic mass is 31.1. The normalized spacial score (nSPS) is 12.2. The summed E-state index contributed by atoms with van der Waals surface area (Å²) in [5.41, 5.74) is 2.17. The van der Waals surface area contributed by atoms with E-state index in [0.717, 1.165) is 35.8 Å². The van der Waals surface area contributed by atoms with Crippen LogP contribution in [0.2, 0.25) is 0 Å². The van der Waals surface area contributed by atoms with Crippen molar-refractivity contribution in [3.8, 4) is 45.6 Å². The molecule has 480 valence electrons. The lowest BCUT2D eigenvalue weighted by Gasteiger charge is -2.31. The zero-order valence-electron chi connectivity index (χ0n) is 51.6. The molecule has 2 aromatic heterocycles. The average molecular weight is 1260 g/mol. The van der Waals surface area contributed by atoms with E-state index in [2.05, 4.69) is 21.3 Å². The minimum absolute atomic E-state index is 0.0550. The van der Waals surface area contributed by atoms with Gasteiger partial charge in [0.2, 0.25) is 24.6 Å². The lowest BCUT2D eigenvalue weighted by Crippen LogP contribution is -2.49. The van der Waals surface area contributed by atoms with Crippen LogP contribution < -0.4 is 39.8 Å². The molecule has 0 unspecified atom stereocenters. The molecule has 0 saturated carbocycles. The molecule has 0 radical (unpaired) electrons. The number of carbonyl (C=O) groups is 8. The number of nitrogens with one attached hydrogen (secondary N) is 4. The van der Waals surface area contributed by atoms with Crippen molar-refractivity contribution in [3.05, 3.63) is 144 Å². The van der Waals surface area contributed by atoms with Crippen LogP contribution in [0.4, 0.5) is 0 Å². The van der Waals surface area contributed by atoms with Crippen LogP contribution in [0.5, 0.6) is 23.0 Å². The molecule has 90 heavy (non-hydrogen) atoms. The maximum Gasteiger partial charge on any atom is 0.805 e. The molecule has 23 nitrogen and oxygen atoms in total. The van der Waals surface area contributed by atoms with Gasteiger partial charge in [0.1, 0.15) is 23.0 Å². The van der Waals surface area contributed by atoms with Crippen molar-refractivity contribution in [2.24, 2.45) is 11.8 Å². The summed E-state index contributed by atoms with van der Waals surface area (Å²) >= 11 is 0. The van der Waals surface area contributed by atoms with Crippen LogP contribution in [0.1, 0.15) is 138 Å². The van der Waals surface area contributed by atoms with Crippen LogP contribution in [0.25, 0.3) is 22.6 Å². The van der Waals surface area contributed by atoms with Crippen LogP contribution in [-0.2, 0) is 55.8 Å². The van der Waals surface area contributed by atoms with Gasteiger partial charge >= 0.3 is 20.2 Å². The van der Waals surface area contributed by atoms with Crippen LogP contribution in [0.15, 0.2) is 130 Å². The highest BCUT2D eigenvalue weighted by molar-refractivity contribution is 7.34. The van der Waals surface area contributed by atoms with Crippen molar-refractivity contribution in [2.75, 3.05) is 26.6 Å². The standard InChI is InChI=1S/C66H79N6O17P/c1-7-13-17-27-53(55(9-3)71(43-73)86-61(75)33-45-23-19-15-20-24-45)63(77)67-41-69-65(79)59-31-29-57(84-59)47-35-49(82-11-5)39-51(37-47)88-90(81)89-52-38-48(36-50(40-52)83-12-6)58-30-32-60(85-58)66(80)70-42-68-64(78)54(28-18-14-8-2)56(10-4)72(44-74)87-62(76)34-46-25-21-16-22-26-46/h15-16,19-26,29-32,35-40,43-44,53-56H,7-14,17-18,27-28,33-34,41-42H2,1-6H3,(H3-,67,68,69,70,77,78,79,80)/p+1/t53-,54-,55-,56-/m1/s1. The van der Waals surface area contributed by atoms with Gasteiger partial charge in [-0.05, 0) is 99.2 Å². The van der Waals surface area contributed by atoms with Gasteiger partial charge in [0.25, 0.3) is 11.8 Å². The van der Waals surface area contributed by atoms with Gasteiger partial charge < -0.3 is 49.3 Å². The lowest BCUT2D eigenvalue weighted by atomic mass is 9.90. The second kappa shape index (κ2) is 36.7. The Balaban J connectivity index is 1.06.